The number of rotatable bonds is 10. The Hall–Kier alpha value is -1.20. The van der Waals surface area contributed by atoms with Crippen LogP contribution in [0.3, 0.4) is 0 Å². The molecule has 5 heteroatoms. The fraction of sp³-hybridized carbons (Fsp3) is 0.733. The van der Waals surface area contributed by atoms with Crippen LogP contribution in [0.2, 0.25) is 0 Å². The van der Waals surface area contributed by atoms with Gasteiger partial charge < -0.3 is 14.8 Å². The van der Waals surface area contributed by atoms with Crippen molar-refractivity contribution in [3.05, 3.63) is 17.6 Å². The van der Waals surface area contributed by atoms with Crippen molar-refractivity contribution in [2.24, 2.45) is 0 Å². The Labute approximate surface area is 122 Å². The van der Waals surface area contributed by atoms with Crippen LogP contribution in [0.1, 0.15) is 44.6 Å². The molecule has 0 amide bonds. The highest BCUT2D eigenvalue weighted by Gasteiger charge is 2.07. The van der Waals surface area contributed by atoms with Gasteiger partial charge in [-0.3, -0.25) is 0 Å². The number of aromatic nitrogens is 2. The Morgan fingerprint density at radius 3 is 2.65 bits per heavy atom. The molecule has 1 rings (SSSR count). The summed E-state index contributed by atoms with van der Waals surface area (Å²) in [5.74, 6) is 2.15. The zero-order chi connectivity index (χ0) is 14.8. The Morgan fingerprint density at radius 2 is 2.00 bits per heavy atom. The second-order valence-corrected chi connectivity index (χ2v) is 5.03. The fourth-order valence-corrected chi connectivity index (χ4v) is 1.68. The normalized spacial score (nSPS) is 11.1. The molecule has 5 nitrogen and oxygen atoms in total. The summed E-state index contributed by atoms with van der Waals surface area (Å²) < 4.78 is 10.4. The number of nitrogens with zero attached hydrogens (tertiary/aromatic N) is 2. The molecule has 0 aromatic carbocycles. The Morgan fingerprint density at radius 1 is 1.20 bits per heavy atom. The molecule has 0 aliphatic rings. The lowest BCUT2D eigenvalue weighted by atomic mass is 10.1. The minimum atomic E-state index is 0.397. The molecule has 0 bridgehead atoms. The molecule has 0 atom stereocenters. The quantitative estimate of drug-likeness (QED) is 0.668. The lowest BCUT2D eigenvalue weighted by molar-refractivity contribution is 0.0716. The van der Waals surface area contributed by atoms with Gasteiger partial charge in [-0.05, 0) is 12.3 Å². The van der Waals surface area contributed by atoms with E-state index in [0.29, 0.717) is 25.7 Å². The summed E-state index contributed by atoms with van der Waals surface area (Å²) in [5.41, 5.74) is 1.07. The van der Waals surface area contributed by atoms with E-state index < -0.39 is 0 Å². The van der Waals surface area contributed by atoms with Gasteiger partial charge in [0.1, 0.15) is 11.6 Å². The van der Waals surface area contributed by atoms with E-state index in [1.165, 1.54) is 0 Å². The van der Waals surface area contributed by atoms with E-state index in [4.69, 9.17) is 9.47 Å². The minimum absolute atomic E-state index is 0.397. The molecule has 1 aromatic rings. The van der Waals surface area contributed by atoms with E-state index in [2.05, 4.69) is 36.1 Å². The van der Waals surface area contributed by atoms with Crippen LogP contribution in [0.4, 0.5) is 5.82 Å². The zero-order valence-electron chi connectivity index (χ0n) is 13.1. The van der Waals surface area contributed by atoms with Crippen molar-refractivity contribution < 1.29 is 9.47 Å². The van der Waals surface area contributed by atoms with E-state index in [1.807, 2.05) is 6.07 Å². The Kier molecular flexibility index (Phi) is 8.14. The van der Waals surface area contributed by atoms with Crippen LogP contribution in [0, 0.1) is 0 Å². The summed E-state index contributed by atoms with van der Waals surface area (Å²) in [4.78, 5) is 9.13. The van der Waals surface area contributed by atoms with Crippen molar-refractivity contribution in [3.63, 3.8) is 0 Å². The molecule has 0 radical (unpaired) electrons. The van der Waals surface area contributed by atoms with Gasteiger partial charge in [-0.2, -0.15) is 0 Å². The third-order valence-corrected chi connectivity index (χ3v) is 2.84. The number of hydrogen-bond donors (Lipinski definition) is 1. The fourth-order valence-electron chi connectivity index (χ4n) is 1.68. The number of hydrogen-bond acceptors (Lipinski definition) is 5. The van der Waals surface area contributed by atoms with Gasteiger partial charge in [-0.25, -0.2) is 9.97 Å². The van der Waals surface area contributed by atoms with Crippen molar-refractivity contribution in [2.75, 3.05) is 38.8 Å². The molecule has 0 aliphatic carbocycles. The molecular formula is C15H27N3O2. The van der Waals surface area contributed by atoms with Gasteiger partial charge in [0.2, 0.25) is 0 Å². The topological polar surface area (TPSA) is 56.3 Å². The third kappa shape index (κ3) is 6.30. The molecule has 0 spiro atoms. The van der Waals surface area contributed by atoms with Crippen molar-refractivity contribution in [1.82, 2.24) is 9.97 Å². The van der Waals surface area contributed by atoms with Gasteiger partial charge in [0.05, 0.1) is 19.8 Å². The first-order valence-electron chi connectivity index (χ1n) is 7.35. The second kappa shape index (κ2) is 9.66. The van der Waals surface area contributed by atoms with E-state index in [-0.39, 0.29) is 0 Å². The molecule has 1 heterocycles. The monoisotopic (exact) mass is 281 g/mol. The van der Waals surface area contributed by atoms with Gasteiger partial charge in [0.25, 0.3) is 0 Å². The van der Waals surface area contributed by atoms with Gasteiger partial charge in [-0.15, -0.1) is 0 Å². The first kappa shape index (κ1) is 16.9. The highest BCUT2D eigenvalue weighted by molar-refractivity contribution is 5.36. The lowest BCUT2D eigenvalue weighted by Crippen LogP contribution is -2.11. The van der Waals surface area contributed by atoms with Crippen LogP contribution in [-0.4, -0.2) is 43.4 Å². The average Bonchev–Trinajstić information content (AvgIpc) is 2.44. The molecule has 1 N–H and O–H groups in total. The summed E-state index contributed by atoms with van der Waals surface area (Å²) in [6.07, 6.45) is 1.81. The minimum Gasteiger partial charge on any atom is -0.382 e. The van der Waals surface area contributed by atoms with Gasteiger partial charge in [0, 0.05) is 31.8 Å². The predicted molar refractivity (Wildman–Crippen MR) is 81.3 cm³/mol. The maximum atomic E-state index is 5.47. The molecule has 0 unspecified atom stereocenters. The summed E-state index contributed by atoms with van der Waals surface area (Å²) in [6.45, 7) is 9.21. The van der Waals surface area contributed by atoms with Crippen molar-refractivity contribution in [3.8, 4) is 0 Å². The van der Waals surface area contributed by atoms with Crippen molar-refractivity contribution >= 4 is 5.82 Å². The van der Waals surface area contributed by atoms with E-state index in [1.54, 1.807) is 7.11 Å². The lowest BCUT2D eigenvalue weighted by Gasteiger charge is -2.11. The summed E-state index contributed by atoms with van der Waals surface area (Å²) in [5, 5.41) is 3.33. The molecule has 0 fully saturated rings. The Bertz CT molecular complexity index is 383. The van der Waals surface area contributed by atoms with E-state index in [9.17, 15) is 0 Å². The maximum Gasteiger partial charge on any atom is 0.133 e. The van der Waals surface area contributed by atoms with Crippen molar-refractivity contribution in [2.45, 2.75) is 39.5 Å². The first-order valence-corrected chi connectivity index (χ1v) is 7.35. The van der Waals surface area contributed by atoms with Crippen LogP contribution in [-0.2, 0) is 15.9 Å². The highest BCUT2D eigenvalue weighted by atomic mass is 16.5. The van der Waals surface area contributed by atoms with E-state index >= 15 is 0 Å². The summed E-state index contributed by atoms with van der Waals surface area (Å²) in [7, 11) is 1.67. The number of ether oxygens (including phenoxy) is 2. The van der Waals surface area contributed by atoms with Gasteiger partial charge in [0.15, 0.2) is 0 Å². The molecular weight excluding hydrogens is 254 g/mol. The highest BCUT2D eigenvalue weighted by Crippen LogP contribution is 2.16. The first-order chi connectivity index (χ1) is 9.67. The second-order valence-electron chi connectivity index (χ2n) is 5.03. The standard InChI is InChI=1S/C15H27N3O2/c1-5-7-16-15-11-13(12(2)3)17-14(18-15)6-8-20-10-9-19-4/h11-12H,5-10H2,1-4H3,(H,16,17,18). The van der Waals surface area contributed by atoms with Gasteiger partial charge in [-0.1, -0.05) is 20.8 Å². The van der Waals surface area contributed by atoms with E-state index in [0.717, 1.165) is 36.7 Å². The molecule has 0 aliphatic heterocycles. The van der Waals surface area contributed by atoms with Crippen molar-refractivity contribution in [1.29, 1.82) is 0 Å². The SMILES string of the molecule is CCCNc1cc(C(C)C)nc(CCOCCOC)n1. The molecule has 0 saturated heterocycles. The summed E-state index contributed by atoms with van der Waals surface area (Å²) in [6, 6.07) is 2.04. The molecule has 20 heavy (non-hydrogen) atoms. The largest absolute Gasteiger partial charge is 0.382 e. The van der Waals surface area contributed by atoms with Gasteiger partial charge >= 0.3 is 0 Å². The molecule has 0 saturated carbocycles. The number of anilines is 1. The smallest absolute Gasteiger partial charge is 0.133 e. The zero-order valence-corrected chi connectivity index (χ0v) is 13.1. The number of nitrogens with one attached hydrogen (secondary N) is 1. The third-order valence-electron chi connectivity index (χ3n) is 2.84. The van der Waals surface area contributed by atoms with Crippen LogP contribution in [0.25, 0.3) is 0 Å². The molecule has 1 aromatic heterocycles. The van der Waals surface area contributed by atoms with Crippen LogP contribution < -0.4 is 5.32 Å². The summed E-state index contributed by atoms with van der Waals surface area (Å²) >= 11 is 0. The van der Waals surface area contributed by atoms with Crippen LogP contribution in [0.15, 0.2) is 6.07 Å². The predicted octanol–water partition coefficient (Wildman–Crippen LogP) is 2.63. The molecule has 114 valence electrons. The Balaban J connectivity index is 2.60. The average molecular weight is 281 g/mol. The number of methoxy groups -OCH3 is 1. The maximum absolute atomic E-state index is 5.47. The van der Waals surface area contributed by atoms with Crippen LogP contribution in [0.5, 0.6) is 0 Å². The van der Waals surface area contributed by atoms with Crippen LogP contribution >= 0.6 is 0 Å².